The highest BCUT2D eigenvalue weighted by Gasteiger charge is 2.25. The quantitative estimate of drug-likeness (QED) is 0.394. The van der Waals surface area contributed by atoms with Gasteiger partial charge in [-0.1, -0.05) is 24.4 Å². The fourth-order valence-electron chi connectivity index (χ4n) is 3.36. The number of hydrogen-bond donors (Lipinski definition) is 2. The number of benzene rings is 1. The maximum Gasteiger partial charge on any atom is 0.387 e. The molecule has 1 aliphatic rings. The summed E-state index contributed by atoms with van der Waals surface area (Å²) in [6.07, 6.45) is 6.19. The molecule has 5 nitrogen and oxygen atoms in total. The van der Waals surface area contributed by atoms with Crippen molar-refractivity contribution in [3.05, 3.63) is 39.2 Å². The number of nitrogens with one attached hydrogen (secondary N) is 2. The highest BCUT2D eigenvalue weighted by molar-refractivity contribution is 7.80. The molecule has 0 atom stereocenters. The van der Waals surface area contributed by atoms with Gasteiger partial charge in [-0.15, -0.1) is 11.3 Å². The molecule has 0 unspecified atom stereocenters. The number of aryl methyl sites for hydroxylation is 1. The summed E-state index contributed by atoms with van der Waals surface area (Å²) in [6, 6.07) is 4.28. The van der Waals surface area contributed by atoms with E-state index in [4.69, 9.17) is 28.6 Å². The molecule has 0 saturated carbocycles. The number of halogens is 3. The van der Waals surface area contributed by atoms with Crippen LogP contribution >= 0.6 is 35.2 Å². The predicted octanol–water partition coefficient (Wildman–Crippen LogP) is 6.26. The SMILES string of the molecule is COC(=O)c1c(NC(=S)Nc2ccc(OC(F)F)c(Cl)c2)sc2c1CCCCCC2. The normalized spacial score (nSPS) is 13.8. The molecule has 3 rings (SSSR count). The van der Waals surface area contributed by atoms with Crippen LogP contribution in [0.5, 0.6) is 5.75 Å². The van der Waals surface area contributed by atoms with Crippen molar-refractivity contribution in [3.8, 4) is 5.75 Å². The average molecular weight is 475 g/mol. The number of carbonyl (C=O) groups is 1. The molecule has 0 radical (unpaired) electrons. The van der Waals surface area contributed by atoms with Crippen LogP contribution < -0.4 is 15.4 Å². The highest BCUT2D eigenvalue weighted by Crippen LogP contribution is 2.37. The molecule has 2 N–H and O–H groups in total. The minimum Gasteiger partial charge on any atom is -0.465 e. The molecule has 10 heteroatoms. The van der Waals surface area contributed by atoms with Gasteiger partial charge in [0.1, 0.15) is 10.8 Å². The smallest absolute Gasteiger partial charge is 0.387 e. The molecule has 1 aliphatic carbocycles. The Morgan fingerprint density at radius 1 is 1.20 bits per heavy atom. The van der Waals surface area contributed by atoms with E-state index in [1.54, 1.807) is 0 Å². The van der Waals surface area contributed by atoms with Crippen LogP contribution in [0.2, 0.25) is 5.02 Å². The Bertz CT molecular complexity index is 937. The van der Waals surface area contributed by atoms with Crippen molar-refractivity contribution in [2.45, 2.75) is 45.1 Å². The summed E-state index contributed by atoms with van der Waals surface area (Å²) >= 11 is 12.9. The van der Waals surface area contributed by atoms with Crippen molar-refractivity contribution in [3.63, 3.8) is 0 Å². The molecule has 0 bridgehead atoms. The van der Waals surface area contributed by atoms with Crippen molar-refractivity contribution in [1.82, 2.24) is 0 Å². The van der Waals surface area contributed by atoms with E-state index >= 15 is 0 Å². The molecular formula is C20H21ClF2N2O3S2. The fourth-order valence-corrected chi connectivity index (χ4v) is 5.15. The van der Waals surface area contributed by atoms with Crippen LogP contribution in [0.4, 0.5) is 19.5 Å². The second kappa shape index (κ2) is 10.4. The Hall–Kier alpha value is -1.97. The standard InChI is InChI=1S/C20H21ClF2N2O3S2/c1-27-18(26)16-12-6-4-2-3-5-7-15(12)30-17(16)25-20(29)24-11-8-9-14(13(21)10-11)28-19(22)23/h8-10,19H,2-7H2,1H3,(H2,24,25,29). The monoisotopic (exact) mass is 474 g/mol. The van der Waals surface area contributed by atoms with Gasteiger partial charge < -0.3 is 20.1 Å². The van der Waals surface area contributed by atoms with E-state index in [9.17, 15) is 13.6 Å². The number of anilines is 2. The summed E-state index contributed by atoms with van der Waals surface area (Å²) in [7, 11) is 1.36. The first-order valence-corrected chi connectivity index (χ1v) is 11.0. The lowest BCUT2D eigenvalue weighted by Gasteiger charge is -2.13. The van der Waals surface area contributed by atoms with Gasteiger partial charge in [-0.25, -0.2) is 4.79 Å². The molecule has 1 heterocycles. The number of alkyl halides is 2. The zero-order valence-corrected chi connectivity index (χ0v) is 18.6. The molecule has 0 aliphatic heterocycles. The van der Waals surface area contributed by atoms with E-state index in [1.807, 2.05) is 0 Å². The van der Waals surface area contributed by atoms with Crippen molar-refractivity contribution in [1.29, 1.82) is 0 Å². The first-order chi connectivity index (χ1) is 14.4. The van der Waals surface area contributed by atoms with Gasteiger partial charge >= 0.3 is 12.6 Å². The van der Waals surface area contributed by atoms with Gasteiger partial charge in [-0.05, 0) is 61.7 Å². The Kier molecular flexibility index (Phi) is 7.85. The maximum absolute atomic E-state index is 12.5. The van der Waals surface area contributed by atoms with Crippen LogP contribution in [-0.4, -0.2) is 24.8 Å². The largest absolute Gasteiger partial charge is 0.465 e. The Balaban J connectivity index is 1.78. The summed E-state index contributed by atoms with van der Waals surface area (Å²) in [4.78, 5) is 13.6. The predicted molar refractivity (Wildman–Crippen MR) is 119 cm³/mol. The summed E-state index contributed by atoms with van der Waals surface area (Å²) in [5, 5.41) is 6.93. The summed E-state index contributed by atoms with van der Waals surface area (Å²) < 4.78 is 34.1. The van der Waals surface area contributed by atoms with E-state index in [1.165, 1.54) is 47.9 Å². The molecule has 1 aromatic heterocycles. The van der Waals surface area contributed by atoms with Gasteiger partial charge in [0.05, 0.1) is 17.7 Å². The van der Waals surface area contributed by atoms with Gasteiger partial charge in [0.15, 0.2) is 5.11 Å². The number of thiocarbonyl (C=S) groups is 1. The highest BCUT2D eigenvalue weighted by atomic mass is 35.5. The minimum atomic E-state index is -2.96. The minimum absolute atomic E-state index is 0.0254. The molecule has 1 aromatic carbocycles. The lowest BCUT2D eigenvalue weighted by molar-refractivity contribution is -0.0497. The van der Waals surface area contributed by atoms with E-state index in [0.717, 1.165) is 37.7 Å². The zero-order valence-electron chi connectivity index (χ0n) is 16.2. The molecule has 0 spiro atoms. The number of rotatable bonds is 5. The molecular weight excluding hydrogens is 454 g/mol. The van der Waals surface area contributed by atoms with Crippen LogP contribution in [0, 0.1) is 0 Å². The number of carbonyl (C=O) groups excluding carboxylic acids is 1. The lowest BCUT2D eigenvalue weighted by Crippen LogP contribution is -2.20. The second-order valence-corrected chi connectivity index (χ2v) is 8.64. The lowest BCUT2D eigenvalue weighted by atomic mass is 9.96. The van der Waals surface area contributed by atoms with Crippen molar-refractivity contribution >= 4 is 56.9 Å². The van der Waals surface area contributed by atoms with Crippen LogP contribution in [0.1, 0.15) is 46.5 Å². The Morgan fingerprint density at radius 3 is 2.60 bits per heavy atom. The summed E-state index contributed by atoms with van der Waals surface area (Å²) in [5.41, 5.74) is 2.06. The average Bonchev–Trinajstić information content (AvgIpc) is 2.99. The molecule has 0 fully saturated rings. The fraction of sp³-hybridized carbons (Fsp3) is 0.400. The van der Waals surface area contributed by atoms with Crippen molar-refractivity contribution in [2.24, 2.45) is 0 Å². The van der Waals surface area contributed by atoms with Crippen molar-refractivity contribution in [2.75, 3.05) is 17.7 Å². The topological polar surface area (TPSA) is 59.6 Å². The molecule has 30 heavy (non-hydrogen) atoms. The number of methoxy groups -OCH3 is 1. The number of fused-ring (bicyclic) bond motifs is 1. The molecule has 0 amide bonds. The summed E-state index contributed by atoms with van der Waals surface area (Å²) in [6.45, 7) is -2.96. The number of ether oxygens (including phenoxy) is 2. The van der Waals surface area contributed by atoms with E-state index in [0.29, 0.717) is 16.3 Å². The van der Waals surface area contributed by atoms with Gasteiger partial charge in [-0.2, -0.15) is 8.78 Å². The maximum atomic E-state index is 12.5. The van der Waals surface area contributed by atoms with Gasteiger partial charge in [-0.3, -0.25) is 0 Å². The first kappa shape index (κ1) is 22.7. The van der Waals surface area contributed by atoms with Gasteiger partial charge in [0, 0.05) is 10.6 Å². The summed E-state index contributed by atoms with van der Waals surface area (Å²) in [5.74, 6) is -0.517. The van der Waals surface area contributed by atoms with Crippen LogP contribution in [0.15, 0.2) is 18.2 Å². The third-order valence-electron chi connectivity index (χ3n) is 4.69. The number of thiophene rings is 1. The van der Waals surface area contributed by atoms with E-state index in [-0.39, 0.29) is 15.9 Å². The molecule has 2 aromatic rings. The number of esters is 1. The van der Waals surface area contributed by atoms with E-state index in [2.05, 4.69) is 15.4 Å². The van der Waals surface area contributed by atoms with Crippen LogP contribution in [0.25, 0.3) is 0 Å². The second-order valence-electron chi connectivity index (χ2n) is 6.72. The van der Waals surface area contributed by atoms with Crippen LogP contribution in [-0.2, 0) is 17.6 Å². The number of hydrogen-bond acceptors (Lipinski definition) is 5. The third kappa shape index (κ3) is 5.59. The zero-order chi connectivity index (χ0) is 21.7. The van der Waals surface area contributed by atoms with E-state index < -0.39 is 12.6 Å². The molecule has 162 valence electrons. The Labute approximate surface area is 187 Å². The van der Waals surface area contributed by atoms with Gasteiger partial charge in [0.2, 0.25) is 0 Å². The van der Waals surface area contributed by atoms with Crippen LogP contribution in [0.3, 0.4) is 0 Å². The molecule has 0 saturated heterocycles. The Morgan fingerprint density at radius 2 is 1.93 bits per heavy atom. The van der Waals surface area contributed by atoms with Gasteiger partial charge in [0.25, 0.3) is 0 Å². The third-order valence-corrected chi connectivity index (χ3v) is 6.40. The first-order valence-electron chi connectivity index (χ1n) is 9.44. The van der Waals surface area contributed by atoms with Crippen molar-refractivity contribution < 1.29 is 23.0 Å².